The number of carbonyl (C=O) groups is 2. The molecule has 0 spiro atoms. The van der Waals surface area contributed by atoms with Gasteiger partial charge >= 0.3 is 0 Å². The van der Waals surface area contributed by atoms with E-state index in [1.807, 2.05) is 0 Å². The highest BCUT2D eigenvalue weighted by Gasteiger charge is 2.32. The summed E-state index contributed by atoms with van der Waals surface area (Å²) < 4.78 is 0. The van der Waals surface area contributed by atoms with Gasteiger partial charge in [-0.1, -0.05) is 0 Å². The van der Waals surface area contributed by atoms with E-state index < -0.39 is 0 Å². The molecule has 1 fully saturated rings. The number of amides is 2. The quantitative estimate of drug-likeness (QED) is 0.695. The second-order valence-corrected chi connectivity index (χ2v) is 6.84. The molecule has 1 aliphatic carbocycles. The van der Waals surface area contributed by atoms with Gasteiger partial charge in [0.1, 0.15) is 11.4 Å². The van der Waals surface area contributed by atoms with Crippen LogP contribution >= 0.6 is 0 Å². The summed E-state index contributed by atoms with van der Waals surface area (Å²) in [5, 5.41) is 21.7. The maximum Gasteiger partial charge on any atom is 0.256 e. The molecule has 3 N–H and O–H groups in total. The molecule has 0 aliphatic heterocycles. The van der Waals surface area contributed by atoms with Crippen molar-refractivity contribution >= 4 is 23.3 Å². The van der Waals surface area contributed by atoms with Gasteiger partial charge in [-0.15, -0.1) is 0 Å². The highest BCUT2D eigenvalue weighted by atomic mass is 16.2. The molecule has 8 heteroatoms. The minimum atomic E-state index is -0.266. The third kappa shape index (κ3) is 4.44. The van der Waals surface area contributed by atoms with Crippen molar-refractivity contribution in [3.05, 3.63) is 41.6 Å². The monoisotopic (exact) mass is 366 g/mol. The van der Waals surface area contributed by atoms with E-state index in [9.17, 15) is 9.59 Å². The molecule has 1 aromatic carbocycles. The third-order valence-corrected chi connectivity index (χ3v) is 4.51. The van der Waals surface area contributed by atoms with Crippen LogP contribution < -0.4 is 10.6 Å². The number of rotatable bonds is 7. The van der Waals surface area contributed by atoms with E-state index in [0.29, 0.717) is 29.3 Å². The van der Waals surface area contributed by atoms with E-state index in [-0.39, 0.29) is 17.9 Å². The summed E-state index contributed by atoms with van der Waals surface area (Å²) in [6.45, 7) is 0. The average Bonchev–Trinajstić information content (AvgIpc) is 3.40. The van der Waals surface area contributed by atoms with E-state index in [1.165, 1.54) is 11.1 Å². The molecule has 0 radical (unpaired) electrons. The predicted octanol–water partition coefficient (Wildman–Crippen LogP) is 2.28. The summed E-state index contributed by atoms with van der Waals surface area (Å²) in [5.41, 5.74) is 1.68. The molecule has 1 saturated carbocycles. The Hall–Kier alpha value is -3.34. The minimum Gasteiger partial charge on any atom is -0.348 e. The third-order valence-electron chi connectivity index (χ3n) is 4.51. The van der Waals surface area contributed by atoms with Crippen molar-refractivity contribution in [3.8, 4) is 6.07 Å². The van der Waals surface area contributed by atoms with E-state index >= 15 is 0 Å². The van der Waals surface area contributed by atoms with Crippen molar-refractivity contribution in [1.82, 2.24) is 20.4 Å². The number of nitriles is 1. The Labute approximate surface area is 157 Å². The normalized spacial score (nSPS) is 14.1. The number of anilines is 2. The van der Waals surface area contributed by atoms with Gasteiger partial charge in [0.25, 0.3) is 11.8 Å². The molecule has 0 bridgehead atoms. The Balaban J connectivity index is 1.68. The maximum absolute atomic E-state index is 12.6. The first kappa shape index (κ1) is 18.5. The standard InChI is InChI=1S/C19H22N6O2/c1-25(2)19(27)13-5-7-14(8-6-13)22-17-15(11-21-24-17)18(26)23-16(9-10-20)12-3-4-12/h5-8,11-12,16H,3-4,9H2,1-2H3,(H,23,26)(H2,21,22,24). The summed E-state index contributed by atoms with van der Waals surface area (Å²) in [7, 11) is 3.40. The largest absolute Gasteiger partial charge is 0.348 e. The summed E-state index contributed by atoms with van der Waals surface area (Å²) in [5.74, 6) is 0.508. The van der Waals surface area contributed by atoms with Gasteiger partial charge in [0.05, 0.1) is 18.7 Å². The fourth-order valence-electron chi connectivity index (χ4n) is 2.83. The molecule has 1 unspecified atom stereocenters. The van der Waals surface area contributed by atoms with Crippen LogP contribution in [0.15, 0.2) is 30.5 Å². The summed E-state index contributed by atoms with van der Waals surface area (Å²) >= 11 is 0. The smallest absolute Gasteiger partial charge is 0.256 e. The number of hydrogen-bond donors (Lipinski definition) is 3. The lowest BCUT2D eigenvalue weighted by molar-refractivity contribution is 0.0827. The lowest BCUT2D eigenvalue weighted by atomic mass is 10.1. The lowest BCUT2D eigenvalue weighted by Crippen LogP contribution is -2.36. The second kappa shape index (κ2) is 7.91. The molecule has 2 aromatic rings. The fraction of sp³-hybridized carbons (Fsp3) is 0.368. The van der Waals surface area contributed by atoms with Crippen LogP contribution in [0.3, 0.4) is 0 Å². The molecule has 140 valence electrons. The van der Waals surface area contributed by atoms with Crippen LogP contribution in [0.4, 0.5) is 11.5 Å². The Morgan fingerprint density at radius 2 is 2.04 bits per heavy atom. The molecule has 2 amide bonds. The van der Waals surface area contributed by atoms with Crippen LogP contribution in [0.5, 0.6) is 0 Å². The van der Waals surface area contributed by atoms with Crippen molar-refractivity contribution in [1.29, 1.82) is 5.26 Å². The fourth-order valence-corrected chi connectivity index (χ4v) is 2.83. The van der Waals surface area contributed by atoms with Crippen LogP contribution in [0, 0.1) is 17.2 Å². The number of aromatic nitrogens is 2. The van der Waals surface area contributed by atoms with E-state index in [0.717, 1.165) is 18.5 Å². The highest BCUT2D eigenvalue weighted by molar-refractivity contribution is 5.99. The number of aromatic amines is 1. The van der Waals surface area contributed by atoms with Crippen LogP contribution in [-0.2, 0) is 0 Å². The van der Waals surface area contributed by atoms with Gasteiger partial charge in [-0.25, -0.2) is 0 Å². The number of nitrogens with one attached hydrogen (secondary N) is 3. The van der Waals surface area contributed by atoms with Crippen LogP contribution in [0.2, 0.25) is 0 Å². The Bertz CT molecular complexity index is 861. The molecule has 0 saturated heterocycles. The molecular weight excluding hydrogens is 344 g/mol. The zero-order valence-electron chi connectivity index (χ0n) is 15.3. The van der Waals surface area contributed by atoms with Gasteiger partial charge in [-0.2, -0.15) is 10.4 Å². The highest BCUT2D eigenvalue weighted by Crippen LogP contribution is 2.34. The van der Waals surface area contributed by atoms with Gasteiger partial charge in [-0.05, 0) is 43.0 Å². The zero-order valence-corrected chi connectivity index (χ0v) is 15.3. The molecular formula is C19H22N6O2. The van der Waals surface area contributed by atoms with Gasteiger partial charge < -0.3 is 15.5 Å². The number of nitrogens with zero attached hydrogens (tertiary/aromatic N) is 3. The molecule has 1 heterocycles. The summed E-state index contributed by atoms with van der Waals surface area (Å²) in [6.07, 6.45) is 3.85. The topological polar surface area (TPSA) is 114 Å². The molecule has 1 atom stereocenters. The Kier molecular flexibility index (Phi) is 5.41. The van der Waals surface area contributed by atoms with Crippen LogP contribution in [0.1, 0.15) is 40.0 Å². The summed E-state index contributed by atoms with van der Waals surface area (Å²) in [4.78, 5) is 26.0. The number of carbonyl (C=O) groups excluding carboxylic acids is 2. The van der Waals surface area contributed by atoms with Crippen molar-refractivity contribution in [2.45, 2.75) is 25.3 Å². The van der Waals surface area contributed by atoms with E-state index in [1.54, 1.807) is 38.4 Å². The van der Waals surface area contributed by atoms with Gasteiger partial charge in [0.2, 0.25) is 0 Å². The lowest BCUT2D eigenvalue weighted by Gasteiger charge is -2.15. The first-order valence-corrected chi connectivity index (χ1v) is 8.79. The zero-order chi connectivity index (χ0) is 19.4. The SMILES string of the molecule is CN(C)C(=O)c1ccc(Nc2[nH]ncc2C(=O)NC(CC#N)C2CC2)cc1. The minimum absolute atomic E-state index is 0.0771. The van der Waals surface area contributed by atoms with Crippen molar-refractivity contribution in [3.63, 3.8) is 0 Å². The van der Waals surface area contributed by atoms with Crippen LogP contribution in [-0.4, -0.2) is 47.0 Å². The molecule has 3 rings (SSSR count). The average molecular weight is 366 g/mol. The van der Waals surface area contributed by atoms with Gasteiger partial charge in [0, 0.05) is 31.4 Å². The Morgan fingerprint density at radius 3 is 2.63 bits per heavy atom. The van der Waals surface area contributed by atoms with E-state index in [4.69, 9.17) is 5.26 Å². The van der Waals surface area contributed by atoms with Crippen molar-refractivity contribution < 1.29 is 9.59 Å². The predicted molar refractivity (Wildman–Crippen MR) is 101 cm³/mol. The second-order valence-electron chi connectivity index (χ2n) is 6.84. The van der Waals surface area contributed by atoms with E-state index in [2.05, 4.69) is 26.9 Å². The first-order valence-electron chi connectivity index (χ1n) is 8.79. The summed E-state index contributed by atoms with van der Waals surface area (Å²) in [6, 6.07) is 8.98. The number of H-pyrrole nitrogens is 1. The first-order chi connectivity index (χ1) is 13.0. The number of benzene rings is 1. The Morgan fingerprint density at radius 1 is 1.33 bits per heavy atom. The number of hydrogen-bond acceptors (Lipinski definition) is 5. The molecule has 8 nitrogen and oxygen atoms in total. The molecule has 27 heavy (non-hydrogen) atoms. The van der Waals surface area contributed by atoms with Crippen molar-refractivity contribution in [2.75, 3.05) is 19.4 Å². The van der Waals surface area contributed by atoms with Crippen LogP contribution in [0.25, 0.3) is 0 Å². The van der Waals surface area contributed by atoms with Gasteiger partial charge in [-0.3, -0.25) is 14.7 Å². The van der Waals surface area contributed by atoms with Gasteiger partial charge in [0.15, 0.2) is 0 Å². The maximum atomic E-state index is 12.6. The molecule has 1 aliphatic rings. The molecule has 1 aromatic heterocycles. The van der Waals surface area contributed by atoms with Crippen molar-refractivity contribution in [2.24, 2.45) is 5.92 Å².